The molecule has 2 aliphatic heterocycles. The fourth-order valence-electron chi connectivity index (χ4n) is 5.09. The molecule has 2 fully saturated rings. The van der Waals surface area contributed by atoms with Crippen molar-refractivity contribution in [3.05, 3.63) is 12.1 Å². The lowest BCUT2D eigenvalue weighted by atomic mass is 10.0. The van der Waals surface area contributed by atoms with Crippen molar-refractivity contribution < 1.29 is 14.3 Å². The number of amides is 1. The smallest absolute Gasteiger partial charge is 0.231 e. The van der Waals surface area contributed by atoms with Gasteiger partial charge in [-0.1, -0.05) is 0 Å². The number of nitrogens with zero attached hydrogens (tertiary/aromatic N) is 4. The molecule has 2 aromatic rings. The summed E-state index contributed by atoms with van der Waals surface area (Å²) in [7, 11) is 1.65. The topological polar surface area (TPSA) is 91.9 Å². The number of hydrogen-bond acceptors (Lipinski definition) is 9. The van der Waals surface area contributed by atoms with Crippen LogP contribution < -0.4 is 20.1 Å². The molecular formula is C27H42N6O3S. The van der Waals surface area contributed by atoms with Crippen LogP contribution in [0.4, 0.5) is 11.8 Å². The lowest BCUT2D eigenvalue weighted by Crippen LogP contribution is -2.42. The van der Waals surface area contributed by atoms with Crippen LogP contribution in [0.3, 0.4) is 0 Å². The Morgan fingerprint density at radius 3 is 2.57 bits per heavy atom. The van der Waals surface area contributed by atoms with Crippen LogP contribution in [0.15, 0.2) is 12.1 Å². The molecule has 0 radical (unpaired) electrons. The summed E-state index contributed by atoms with van der Waals surface area (Å²) in [6.45, 7) is 10.6. The van der Waals surface area contributed by atoms with Crippen LogP contribution in [0.25, 0.3) is 10.9 Å². The molecule has 204 valence electrons. The van der Waals surface area contributed by atoms with E-state index in [0.29, 0.717) is 53.7 Å². The number of thiol groups is 1. The minimum Gasteiger partial charge on any atom is -0.493 e. The molecular weight excluding hydrogens is 488 g/mol. The number of nitrogens with one attached hydrogen (secondary N) is 2. The minimum absolute atomic E-state index is 0.155. The van der Waals surface area contributed by atoms with Crippen molar-refractivity contribution in [1.82, 2.24) is 19.8 Å². The summed E-state index contributed by atoms with van der Waals surface area (Å²) < 4.78 is 11.8. The number of methoxy groups -OCH3 is 1. The molecule has 1 aromatic carbocycles. The Morgan fingerprint density at radius 1 is 1.14 bits per heavy atom. The highest BCUT2D eigenvalue weighted by molar-refractivity contribution is 7.80. The first-order valence-electron chi connectivity index (χ1n) is 13.6. The molecule has 0 bridgehead atoms. The fourth-order valence-corrected chi connectivity index (χ4v) is 5.30. The summed E-state index contributed by atoms with van der Waals surface area (Å²) in [5.74, 6) is 2.60. The molecule has 0 unspecified atom stereocenters. The summed E-state index contributed by atoms with van der Waals surface area (Å²) in [4.78, 5) is 26.6. The molecule has 0 atom stereocenters. The average Bonchev–Trinajstić information content (AvgIpc) is 3.40. The average molecular weight is 531 g/mol. The van der Waals surface area contributed by atoms with E-state index in [2.05, 4.69) is 51.9 Å². The largest absolute Gasteiger partial charge is 0.493 e. The lowest BCUT2D eigenvalue weighted by Gasteiger charge is -2.35. The van der Waals surface area contributed by atoms with E-state index in [4.69, 9.17) is 14.5 Å². The Labute approximate surface area is 226 Å². The van der Waals surface area contributed by atoms with Gasteiger partial charge < -0.3 is 24.6 Å². The number of likely N-dealkylation sites (tertiary alicyclic amines) is 2. The first-order chi connectivity index (χ1) is 18.0. The van der Waals surface area contributed by atoms with E-state index >= 15 is 0 Å². The molecule has 1 amide bonds. The van der Waals surface area contributed by atoms with Gasteiger partial charge in [-0.25, -0.2) is 4.98 Å². The van der Waals surface area contributed by atoms with Crippen molar-refractivity contribution in [2.75, 3.05) is 62.8 Å². The van der Waals surface area contributed by atoms with Gasteiger partial charge >= 0.3 is 0 Å². The van der Waals surface area contributed by atoms with E-state index < -0.39 is 0 Å². The number of ether oxygens (including phenoxy) is 2. The molecule has 0 aliphatic carbocycles. The van der Waals surface area contributed by atoms with E-state index in [1.54, 1.807) is 7.11 Å². The first kappa shape index (κ1) is 27.7. The molecule has 9 nitrogen and oxygen atoms in total. The van der Waals surface area contributed by atoms with Crippen LogP contribution in [0.5, 0.6) is 11.5 Å². The third kappa shape index (κ3) is 7.61. The summed E-state index contributed by atoms with van der Waals surface area (Å²) in [6, 6.07) is 4.68. The van der Waals surface area contributed by atoms with Crippen LogP contribution in [-0.2, 0) is 4.79 Å². The van der Waals surface area contributed by atoms with Crippen molar-refractivity contribution >= 4 is 41.2 Å². The summed E-state index contributed by atoms with van der Waals surface area (Å²) in [5.41, 5.74) is 0.702. The second kappa shape index (κ2) is 13.5. The van der Waals surface area contributed by atoms with Gasteiger partial charge in [0, 0.05) is 49.6 Å². The molecule has 2 saturated heterocycles. The Kier molecular flexibility index (Phi) is 10.1. The van der Waals surface area contributed by atoms with E-state index in [1.807, 2.05) is 12.1 Å². The van der Waals surface area contributed by atoms with E-state index in [-0.39, 0.29) is 11.9 Å². The highest BCUT2D eigenvalue weighted by Crippen LogP contribution is 2.35. The van der Waals surface area contributed by atoms with Crippen molar-refractivity contribution in [2.45, 2.75) is 64.5 Å². The molecule has 0 spiro atoms. The standard InChI is InChI=1S/C27H42N6O3S/c1-19(2)33-13-7-20(8-14-33)28-26-21-17-23(35-3)24(36-15-6-12-32-10-4-5-11-32)18-22(21)29-27(31-26)30-25(34)9-16-37/h17-20,37H,4-16H2,1-3H3,(H2,28,29,30,31,34). The predicted molar refractivity (Wildman–Crippen MR) is 152 cm³/mol. The quantitative estimate of drug-likeness (QED) is 0.280. The van der Waals surface area contributed by atoms with Gasteiger partial charge in [0.2, 0.25) is 11.9 Å². The van der Waals surface area contributed by atoms with Gasteiger partial charge in [0.25, 0.3) is 0 Å². The maximum absolute atomic E-state index is 12.3. The Morgan fingerprint density at radius 2 is 1.89 bits per heavy atom. The zero-order chi connectivity index (χ0) is 26.2. The van der Waals surface area contributed by atoms with E-state index in [0.717, 1.165) is 44.3 Å². The SMILES string of the molecule is COc1cc2c(NC3CCN(C(C)C)CC3)nc(NC(=O)CCS)nc2cc1OCCCN1CCCC1. The van der Waals surface area contributed by atoms with Crippen LogP contribution in [0.1, 0.15) is 52.4 Å². The van der Waals surface area contributed by atoms with Crippen molar-refractivity contribution in [2.24, 2.45) is 0 Å². The fraction of sp³-hybridized carbons (Fsp3) is 0.667. The Bertz CT molecular complexity index is 1040. The Balaban J connectivity index is 1.55. The highest BCUT2D eigenvalue weighted by atomic mass is 32.1. The third-order valence-corrected chi connectivity index (χ3v) is 7.47. The maximum Gasteiger partial charge on any atom is 0.231 e. The van der Waals surface area contributed by atoms with Crippen LogP contribution in [-0.4, -0.2) is 90.0 Å². The monoisotopic (exact) mass is 530 g/mol. The second-order valence-corrected chi connectivity index (χ2v) is 10.7. The van der Waals surface area contributed by atoms with Crippen molar-refractivity contribution in [3.63, 3.8) is 0 Å². The zero-order valence-electron chi connectivity index (χ0n) is 22.5. The molecule has 10 heteroatoms. The van der Waals surface area contributed by atoms with Crippen LogP contribution >= 0.6 is 12.6 Å². The molecule has 0 saturated carbocycles. The number of benzene rings is 1. The molecule has 37 heavy (non-hydrogen) atoms. The highest BCUT2D eigenvalue weighted by Gasteiger charge is 2.23. The van der Waals surface area contributed by atoms with E-state index in [9.17, 15) is 4.79 Å². The molecule has 1 aromatic heterocycles. The Hall–Kier alpha value is -2.30. The van der Waals surface area contributed by atoms with Gasteiger partial charge in [-0.3, -0.25) is 10.1 Å². The minimum atomic E-state index is -0.155. The number of rotatable bonds is 12. The van der Waals surface area contributed by atoms with Gasteiger partial charge in [-0.05, 0) is 70.9 Å². The first-order valence-corrected chi connectivity index (χ1v) is 14.3. The number of anilines is 2. The number of hydrogen-bond donors (Lipinski definition) is 3. The second-order valence-electron chi connectivity index (χ2n) is 10.2. The van der Waals surface area contributed by atoms with Gasteiger partial charge in [0.1, 0.15) is 5.82 Å². The molecule has 4 rings (SSSR count). The van der Waals surface area contributed by atoms with E-state index in [1.165, 1.54) is 25.9 Å². The van der Waals surface area contributed by atoms with Crippen LogP contribution in [0.2, 0.25) is 0 Å². The zero-order valence-corrected chi connectivity index (χ0v) is 23.4. The summed E-state index contributed by atoms with van der Waals surface area (Å²) in [5, 5.41) is 7.31. The number of piperidine rings is 1. The molecule has 3 heterocycles. The maximum atomic E-state index is 12.3. The molecule has 2 aliphatic rings. The predicted octanol–water partition coefficient (Wildman–Crippen LogP) is 4.05. The van der Waals surface area contributed by atoms with Gasteiger partial charge in [0.05, 0.1) is 19.2 Å². The van der Waals surface area contributed by atoms with Crippen molar-refractivity contribution in [1.29, 1.82) is 0 Å². The molecule has 2 N–H and O–H groups in total. The summed E-state index contributed by atoms with van der Waals surface area (Å²) in [6.07, 6.45) is 5.89. The lowest BCUT2D eigenvalue weighted by molar-refractivity contribution is -0.115. The summed E-state index contributed by atoms with van der Waals surface area (Å²) >= 11 is 4.17. The number of aromatic nitrogens is 2. The van der Waals surface area contributed by atoms with Crippen LogP contribution in [0, 0.1) is 0 Å². The number of carbonyl (C=O) groups excluding carboxylic acids is 1. The number of fused-ring (bicyclic) bond motifs is 1. The number of carbonyl (C=O) groups is 1. The van der Waals surface area contributed by atoms with Gasteiger partial charge in [-0.15, -0.1) is 0 Å². The van der Waals surface area contributed by atoms with Gasteiger partial charge in [0.15, 0.2) is 11.5 Å². The van der Waals surface area contributed by atoms with Crippen molar-refractivity contribution in [3.8, 4) is 11.5 Å². The third-order valence-electron chi connectivity index (χ3n) is 7.25. The van der Waals surface area contributed by atoms with Gasteiger partial charge in [-0.2, -0.15) is 17.6 Å². The normalized spacial score (nSPS) is 17.4.